The summed E-state index contributed by atoms with van der Waals surface area (Å²) in [6.45, 7) is 4.46. The van der Waals surface area contributed by atoms with Crippen LogP contribution < -0.4 is 15.0 Å². The summed E-state index contributed by atoms with van der Waals surface area (Å²) >= 11 is 0. The van der Waals surface area contributed by atoms with Crippen molar-refractivity contribution in [2.24, 2.45) is 0 Å². The lowest BCUT2D eigenvalue weighted by molar-refractivity contribution is 0.0740. The summed E-state index contributed by atoms with van der Waals surface area (Å²) in [5, 5.41) is 6.88. The number of ether oxygens (including phenoxy) is 1. The van der Waals surface area contributed by atoms with Gasteiger partial charge in [0.1, 0.15) is 29.3 Å². The Hall–Kier alpha value is -3.62. The number of hydrogen-bond acceptors (Lipinski definition) is 8. The SMILES string of the molecule is COc1ccccc1N1CCN(C(=O)c2cc(Nc3cc(C)on3)ncn2)CC1. The van der Waals surface area contributed by atoms with E-state index in [-0.39, 0.29) is 5.91 Å². The minimum atomic E-state index is -0.119. The molecule has 1 N–H and O–H groups in total. The molecule has 0 aliphatic carbocycles. The van der Waals surface area contributed by atoms with Crippen molar-refractivity contribution in [2.45, 2.75) is 6.92 Å². The Morgan fingerprint density at radius 2 is 1.90 bits per heavy atom. The van der Waals surface area contributed by atoms with E-state index >= 15 is 0 Å². The summed E-state index contributed by atoms with van der Waals surface area (Å²) in [6, 6.07) is 11.3. The number of para-hydroxylation sites is 2. The molecular weight excluding hydrogens is 372 g/mol. The van der Waals surface area contributed by atoms with E-state index in [1.54, 1.807) is 31.1 Å². The van der Waals surface area contributed by atoms with Gasteiger partial charge in [0.25, 0.3) is 5.91 Å². The molecule has 1 aliphatic heterocycles. The smallest absolute Gasteiger partial charge is 0.272 e. The van der Waals surface area contributed by atoms with Gasteiger partial charge in [-0.1, -0.05) is 17.3 Å². The van der Waals surface area contributed by atoms with Crippen molar-refractivity contribution in [2.75, 3.05) is 43.5 Å². The molecule has 1 saturated heterocycles. The third-order valence-electron chi connectivity index (χ3n) is 4.76. The lowest BCUT2D eigenvalue weighted by Gasteiger charge is -2.36. The molecule has 2 aromatic heterocycles. The first-order valence-electron chi connectivity index (χ1n) is 9.33. The number of piperazine rings is 1. The van der Waals surface area contributed by atoms with Gasteiger partial charge in [-0.2, -0.15) is 0 Å². The van der Waals surface area contributed by atoms with Gasteiger partial charge in [-0.25, -0.2) is 9.97 Å². The van der Waals surface area contributed by atoms with E-state index in [4.69, 9.17) is 9.26 Å². The van der Waals surface area contributed by atoms with Gasteiger partial charge in [-0.05, 0) is 19.1 Å². The van der Waals surface area contributed by atoms with Gasteiger partial charge in [0.05, 0.1) is 12.8 Å². The van der Waals surface area contributed by atoms with Crippen LogP contribution in [0.25, 0.3) is 0 Å². The Labute approximate surface area is 168 Å². The monoisotopic (exact) mass is 394 g/mol. The molecule has 0 unspecified atom stereocenters. The van der Waals surface area contributed by atoms with Crippen molar-refractivity contribution < 1.29 is 14.1 Å². The minimum absolute atomic E-state index is 0.119. The molecule has 0 atom stereocenters. The first-order chi connectivity index (χ1) is 14.1. The Morgan fingerprint density at radius 1 is 1.10 bits per heavy atom. The van der Waals surface area contributed by atoms with Crippen LogP contribution in [0.5, 0.6) is 5.75 Å². The fourth-order valence-corrected chi connectivity index (χ4v) is 3.30. The van der Waals surface area contributed by atoms with Crippen molar-refractivity contribution >= 4 is 23.2 Å². The largest absolute Gasteiger partial charge is 0.495 e. The van der Waals surface area contributed by atoms with Crippen LogP contribution >= 0.6 is 0 Å². The number of nitrogens with zero attached hydrogens (tertiary/aromatic N) is 5. The Bertz CT molecular complexity index is 997. The third kappa shape index (κ3) is 4.13. The highest BCUT2D eigenvalue weighted by Gasteiger charge is 2.24. The second-order valence-electron chi connectivity index (χ2n) is 6.69. The fourth-order valence-electron chi connectivity index (χ4n) is 3.30. The number of aromatic nitrogens is 3. The third-order valence-corrected chi connectivity index (χ3v) is 4.76. The number of nitrogens with one attached hydrogen (secondary N) is 1. The van der Waals surface area contributed by atoms with Crippen LogP contribution in [0.15, 0.2) is 47.2 Å². The van der Waals surface area contributed by atoms with Crippen molar-refractivity contribution in [1.29, 1.82) is 0 Å². The number of aryl methyl sites for hydroxylation is 1. The van der Waals surface area contributed by atoms with E-state index in [2.05, 4.69) is 25.3 Å². The van der Waals surface area contributed by atoms with E-state index in [0.29, 0.717) is 36.2 Å². The van der Waals surface area contributed by atoms with Crippen LogP contribution in [0.2, 0.25) is 0 Å². The highest BCUT2D eigenvalue weighted by molar-refractivity contribution is 5.93. The normalized spacial score (nSPS) is 14.0. The second-order valence-corrected chi connectivity index (χ2v) is 6.69. The van der Waals surface area contributed by atoms with Crippen LogP contribution in [-0.4, -0.2) is 59.2 Å². The van der Waals surface area contributed by atoms with E-state index < -0.39 is 0 Å². The molecule has 0 saturated carbocycles. The van der Waals surface area contributed by atoms with E-state index in [0.717, 1.165) is 24.5 Å². The summed E-state index contributed by atoms with van der Waals surface area (Å²) < 4.78 is 10.5. The molecule has 0 spiro atoms. The molecule has 1 aliphatic rings. The zero-order valence-corrected chi connectivity index (χ0v) is 16.3. The quantitative estimate of drug-likeness (QED) is 0.705. The van der Waals surface area contributed by atoms with Crippen molar-refractivity contribution in [1.82, 2.24) is 20.0 Å². The van der Waals surface area contributed by atoms with Crippen molar-refractivity contribution in [3.63, 3.8) is 0 Å². The summed E-state index contributed by atoms with van der Waals surface area (Å²) in [5.74, 6) is 2.42. The van der Waals surface area contributed by atoms with Crippen molar-refractivity contribution in [3.05, 3.63) is 54.2 Å². The number of benzene rings is 1. The van der Waals surface area contributed by atoms with Gasteiger partial charge < -0.3 is 24.4 Å². The number of carbonyl (C=O) groups excluding carboxylic acids is 1. The molecule has 3 aromatic rings. The topological polar surface area (TPSA) is 96.6 Å². The maximum Gasteiger partial charge on any atom is 0.272 e. The number of anilines is 3. The molecular formula is C20H22N6O3. The molecule has 0 radical (unpaired) electrons. The predicted molar refractivity (Wildman–Crippen MR) is 108 cm³/mol. The maximum absolute atomic E-state index is 12.9. The average molecular weight is 394 g/mol. The molecule has 9 nitrogen and oxygen atoms in total. The van der Waals surface area contributed by atoms with Crippen LogP contribution in [0, 0.1) is 6.92 Å². The fraction of sp³-hybridized carbons (Fsp3) is 0.300. The van der Waals surface area contributed by atoms with Gasteiger partial charge in [0.15, 0.2) is 5.82 Å². The second kappa shape index (κ2) is 8.17. The standard InChI is InChI=1S/C20H22N6O3/c1-14-11-19(24-29-14)23-18-12-15(21-13-22-18)20(27)26-9-7-25(8-10-26)16-5-3-4-6-17(16)28-2/h3-6,11-13H,7-10H2,1-2H3,(H,21,22,23,24). The van der Waals surface area contributed by atoms with Gasteiger partial charge in [-0.3, -0.25) is 4.79 Å². The molecule has 1 aromatic carbocycles. The number of carbonyl (C=O) groups is 1. The zero-order valence-electron chi connectivity index (χ0n) is 16.3. The Balaban J connectivity index is 1.41. The molecule has 29 heavy (non-hydrogen) atoms. The molecule has 4 rings (SSSR count). The lowest BCUT2D eigenvalue weighted by Crippen LogP contribution is -2.49. The highest BCUT2D eigenvalue weighted by Crippen LogP contribution is 2.28. The molecule has 1 fully saturated rings. The summed E-state index contributed by atoms with van der Waals surface area (Å²) in [4.78, 5) is 25.2. The molecule has 150 valence electrons. The van der Waals surface area contributed by atoms with Crippen LogP contribution in [0.3, 0.4) is 0 Å². The van der Waals surface area contributed by atoms with Gasteiger partial charge >= 0.3 is 0 Å². The first-order valence-corrected chi connectivity index (χ1v) is 9.33. The molecule has 9 heteroatoms. The van der Waals surface area contributed by atoms with E-state index in [9.17, 15) is 4.79 Å². The van der Waals surface area contributed by atoms with Gasteiger partial charge in [0, 0.05) is 38.3 Å². The minimum Gasteiger partial charge on any atom is -0.495 e. The Kier molecular flexibility index (Phi) is 5.28. The molecule has 0 bridgehead atoms. The highest BCUT2D eigenvalue weighted by atomic mass is 16.5. The number of methoxy groups -OCH3 is 1. The van der Waals surface area contributed by atoms with E-state index in [1.165, 1.54) is 6.33 Å². The van der Waals surface area contributed by atoms with Crippen molar-refractivity contribution in [3.8, 4) is 5.75 Å². The summed E-state index contributed by atoms with van der Waals surface area (Å²) in [6.07, 6.45) is 1.37. The number of rotatable bonds is 5. The average Bonchev–Trinajstić information content (AvgIpc) is 3.18. The molecule has 3 heterocycles. The van der Waals surface area contributed by atoms with Crippen LogP contribution in [0.4, 0.5) is 17.3 Å². The van der Waals surface area contributed by atoms with Gasteiger partial charge in [-0.15, -0.1) is 0 Å². The first kappa shape index (κ1) is 18.7. The summed E-state index contributed by atoms with van der Waals surface area (Å²) in [5.41, 5.74) is 1.38. The summed E-state index contributed by atoms with van der Waals surface area (Å²) in [7, 11) is 1.67. The van der Waals surface area contributed by atoms with Crippen LogP contribution in [-0.2, 0) is 0 Å². The number of hydrogen-bond donors (Lipinski definition) is 1. The van der Waals surface area contributed by atoms with Gasteiger partial charge in [0.2, 0.25) is 0 Å². The molecule has 1 amide bonds. The Morgan fingerprint density at radius 3 is 2.62 bits per heavy atom. The lowest BCUT2D eigenvalue weighted by atomic mass is 10.2. The zero-order chi connectivity index (χ0) is 20.2. The predicted octanol–water partition coefficient (Wildman–Crippen LogP) is 2.49. The van der Waals surface area contributed by atoms with Crippen LogP contribution in [0.1, 0.15) is 16.2 Å². The maximum atomic E-state index is 12.9. The number of amides is 1. The van der Waals surface area contributed by atoms with E-state index in [1.807, 2.05) is 24.3 Å².